The van der Waals surface area contributed by atoms with Gasteiger partial charge in [0.2, 0.25) is 6.29 Å². The number of carbonyl (C=O) groups excluding carboxylic acids is 1. The highest BCUT2D eigenvalue weighted by atomic mass is 16.6. The number of esters is 1. The van der Waals surface area contributed by atoms with E-state index in [0.717, 1.165) is 25.2 Å². The van der Waals surface area contributed by atoms with Gasteiger partial charge in [-0.15, -0.1) is 0 Å². The Kier molecular flexibility index (Phi) is 4.58. The Morgan fingerprint density at radius 2 is 1.67 bits per heavy atom. The molecule has 2 N–H and O–H groups in total. The van der Waals surface area contributed by atoms with Gasteiger partial charge in [0.05, 0.1) is 18.3 Å². The van der Waals surface area contributed by atoms with Crippen molar-refractivity contribution in [1.29, 1.82) is 0 Å². The highest BCUT2D eigenvalue weighted by Gasteiger charge is 2.66. The molecular formula is C25H38O5. The third-order valence-corrected chi connectivity index (χ3v) is 10.3. The van der Waals surface area contributed by atoms with E-state index in [4.69, 9.17) is 9.47 Å². The quantitative estimate of drug-likeness (QED) is 0.630. The molecule has 0 bridgehead atoms. The number of fused-ring (bicyclic) bond motifs is 5. The first-order valence-electron chi connectivity index (χ1n) is 11.9. The minimum Gasteiger partial charge on any atom is -0.429 e. The normalized spacial score (nSPS) is 52.5. The van der Waals surface area contributed by atoms with Gasteiger partial charge in [-0.25, -0.2) is 4.79 Å². The van der Waals surface area contributed by atoms with Crippen LogP contribution >= 0.6 is 0 Å². The Morgan fingerprint density at radius 3 is 2.37 bits per heavy atom. The summed E-state index contributed by atoms with van der Waals surface area (Å²) in [6.45, 7) is 10.2. The van der Waals surface area contributed by atoms with Crippen LogP contribution in [0, 0.1) is 34.0 Å². The molecule has 0 radical (unpaired) electrons. The minimum absolute atomic E-state index is 0.0443. The summed E-state index contributed by atoms with van der Waals surface area (Å²) >= 11 is 0. The van der Waals surface area contributed by atoms with Gasteiger partial charge in [0.15, 0.2) is 0 Å². The molecule has 0 spiro atoms. The van der Waals surface area contributed by atoms with Crippen molar-refractivity contribution in [3.05, 3.63) is 11.6 Å². The molecule has 30 heavy (non-hydrogen) atoms. The molecule has 6 unspecified atom stereocenters. The molecule has 3 aliphatic carbocycles. The highest BCUT2D eigenvalue weighted by molar-refractivity contribution is 5.85. The molecule has 5 rings (SSSR count). The van der Waals surface area contributed by atoms with Crippen LogP contribution in [-0.4, -0.2) is 40.8 Å². The lowest BCUT2D eigenvalue weighted by molar-refractivity contribution is -0.255. The van der Waals surface area contributed by atoms with Gasteiger partial charge in [-0.05, 0) is 78.9 Å². The monoisotopic (exact) mass is 418 g/mol. The number of carbonyl (C=O) groups is 1. The Balaban J connectivity index is 1.48. The first-order chi connectivity index (χ1) is 14.0. The summed E-state index contributed by atoms with van der Waals surface area (Å²) in [6, 6.07) is 0. The van der Waals surface area contributed by atoms with Crippen LogP contribution in [-0.2, 0) is 14.3 Å². The standard InChI is InChI=1S/C25H38O5/c1-22(2)8-5-9-23(3)17(22)6-10-24(4)18(23)7-11-25(28)14-29-16(13-19(24)25)15-12-20(26)30-21(15)27/h12,16-19,21,27-28H,5-11,13-14H2,1-4H3/t16?,17?,18?,19?,21?,23-,24+,25?/m0/s1. The molecule has 168 valence electrons. The summed E-state index contributed by atoms with van der Waals surface area (Å²) in [5, 5.41) is 21.8. The molecule has 2 heterocycles. The SMILES string of the molecule is CC1(C)CCC[C@@]2(C)C1CC[C@@]1(C)C3CC(C4=CC(=O)OC4O)OCC3(O)CCC21. The Morgan fingerprint density at radius 1 is 0.967 bits per heavy atom. The average molecular weight is 419 g/mol. The summed E-state index contributed by atoms with van der Waals surface area (Å²) in [5.74, 6) is 0.929. The van der Waals surface area contributed by atoms with E-state index in [2.05, 4.69) is 27.7 Å². The lowest BCUT2D eigenvalue weighted by Gasteiger charge is -2.68. The molecule has 3 saturated carbocycles. The van der Waals surface area contributed by atoms with Crippen molar-refractivity contribution in [1.82, 2.24) is 0 Å². The van der Waals surface area contributed by atoms with E-state index in [-0.39, 0.29) is 24.0 Å². The molecule has 5 aliphatic rings. The largest absolute Gasteiger partial charge is 0.429 e. The van der Waals surface area contributed by atoms with Gasteiger partial charge in [-0.2, -0.15) is 0 Å². The molecular weight excluding hydrogens is 380 g/mol. The second-order valence-electron chi connectivity index (χ2n) is 12.2. The van der Waals surface area contributed by atoms with Crippen LogP contribution in [0.5, 0.6) is 0 Å². The van der Waals surface area contributed by atoms with Crippen molar-refractivity contribution in [3.63, 3.8) is 0 Å². The van der Waals surface area contributed by atoms with Crippen molar-refractivity contribution in [3.8, 4) is 0 Å². The molecule has 4 fully saturated rings. The van der Waals surface area contributed by atoms with Gasteiger partial charge in [0.1, 0.15) is 0 Å². The van der Waals surface area contributed by atoms with Crippen LogP contribution in [0.3, 0.4) is 0 Å². The number of rotatable bonds is 1. The predicted octanol–water partition coefficient (Wildman–Crippen LogP) is 3.97. The molecule has 5 heteroatoms. The zero-order valence-corrected chi connectivity index (χ0v) is 18.9. The van der Waals surface area contributed by atoms with Crippen LogP contribution in [0.4, 0.5) is 0 Å². The highest BCUT2D eigenvalue weighted by Crippen LogP contribution is 2.70. The zero-order chi connectivity index (χ0) is 21.5. The number of hydrogen-bond donors (Lipinski definition) is 2. The van der Waals surface area contributed by atoms with E-state index in [1.807, 2.05) is 0 Å². The van der Waals surface area contributed by atoms with Crippen molar-refractivity contribution >= 4 is 5.97 Å². The Hall–Kier alpha value is -0.910. The van der Waals surface area contributed by atoms with E-state index < -0.39 is 17.9 Å². The first kappa shape index (κ1) is 21.0. The fourth-order valence-electron chi connectivity index (χ4n) is 9.04. The molecule has 2 aliphatic heterocycles. The van der Waals surface area contributed by atoms with E-state index >= 15 is 0 Å². The van der Waals surface area contributed by atoms with Gasteiger partial charge < -0.3 is 19.7 Å². The van der Waals surface area contributed by atoms with Crippen molar-refractivity contribution in [2.75, 3.05) is 6.61 Å². The number of aliphatic hydroxyl groups excluding tert-OH is 1. The lowest BCUT2D eigenvalue weighted by atomic mass is 9.37. The van der Waals surface area contributed by atoms with E-state index in [0.29, 0.717) is 28.7 Å². The second-order valence-corrected chi connectivity index (χ2v) is 12.2. The zero-order valence-electron chi connectivity index (χ0n) is 18.9. The maximum atomic E-state index is 11.7. The van der Waals surface area contributed by atoms with Gasteiger partial charge in [-0.1, -0.05) is 34.1 Å². The number of aliphatic hydroxyl groups is 2. The molecule has 0 amide bonds. The summed E-state index contributed by atoms with van der Waals surface area (Å²) in [6.07, 6.45) is 8.56. The fourth-order valence-corrected chi connectivity index (χ4v) is 9.04. The van der Waals surface area contributed by atoms with Crippen molar-refractivity contribution < 1.29 is 24.5 Å². The van der Waals surface area contributed by atoms with Crippen LogP contribution in [0.15, 0.2) is 11.6 Å². The van der Waals surface area contributed by atoms with Crippen molar-refractivity contribution in [2.45, 2.75) is 97.1 Å². The molecule has 0 aromatic rings. The second kappa shape index (κ2) is 6.55. The van der Waals surface area contributed by atoms with Gasteiger partial charge in [-0.3, -0.25) is 0 Å². The molecule has 8 atom stereocenters. The van der Waals surface area contributed by atoms with Crippen LogP contribution < -0.4 is 0 Å². The lowest BCUT2D eigenvalue weighted by Crippen LogP contribution is -2.66. The third kappa shape index (κ3) is 2.80. The van der Waals surface area contributed by atoms with Crippen LogP contribution in [0.2, 0.25) is 0 Å². The van der Waals surface area contributed by atoms with E-state index in [9.17, 15) is 15.0 Å². The smallest absolute Gasteiger partial charge is 0.333 e. The van der Waals surface area contributed by atoms with Gasteiger partial charge in [0.25, 0.3) is 0 Å². The number of hydrogen-bond acceptors (Lipinski definition) is 5. The van der Waals surface area contributed by atoms with Gasteiger partial charge in [0, 0.05) is 11.6 Å². The fraction of sp³-hybridized carbons (Fsp3) is 0.880. The van der Waals surface area contributed by atoms with Crippen LogP contribution in [0.25, 0.3) is 0 Å². The third-order valence-electron chi connectivity index (χ3n) is 10.3. The maximum Gasteiger partial charge on any atom is 0.333 e. The molecule has 0 aromatic carbocycles. The Bertz CT molecular complexity index is 774. The summed E-state index contributed by atoms with van der Waals surface area (Å²) < 4.78 is 10.9. The summed E-state index contributed by atoms with van der Waals surface area (Å²) in [4.78, 5) is 11.6. The predicted molar refractivity (Wildman–Crippen MR) is 112 cm³/mol. The minimum atomic E-state index is -1.21. The number of ether oxygens (including phenoxy) is 2. The van der Waals surface area contributed by atoms with Gasteiger partial charge >= 0.3 is 5.97 Å². The summed E-state index contributed by atoms with van der Waals surface area (Å²) in [7, 11) is 0. The maximum absolute atomic E-state index is 11.7. The topological polar surface area (TPSA) is 76.0 Å². The Labute approximate surface area is 180 Å². The average Bonchev–Trinajstić information content (AvgIpc) is 2.98. The first-order valence-corrected chi connectivity index (χ1v) is 11.9. The van der Waals surface area contributed by atoms with Crippen molar-refractivity contribution in [2.24, 2.45) is 34.0 Å². The van der Waals surface area contributed by atoms with E-state index in [1.165, 1.54) is 31.8 Å². The number of cyclic esters (lactones) is 1. The van der Waals surface area contributed by atoms with Crippen LogP contribution in [0.1, 0.15) is 79.1 Å². The molecule has 0 aromatic heterocycles. The van der Waals surface area contributed by atoms with E-state index in [1.54, 1.807) is 0 Å². The summed E-state index contributed by atoms with van der Waals surface area (Å²) in [5.41, 5.74) is 0.449. The molecule has 1 saturated heterocycles. The molecule has 5 nitrogen and oxygen atoms in total.